The van der Waals surface area contributed by atoms with Crippen molar-refractivity contribution in [3.05, 3.63) is 35.1 Å². The molecule has 1 fully saturated rings. The number of halogens is 2. The quantitative estimate of drug-likeness (QED) is 0.892. The molecular weight excluding hydrogens is 267 g/mol. The van der Waals surface area contributed by atoms with Gasteiger partial charge in [-0.1, -0.05) is 0 Å². The van der Waals surface area contributed by atoms with Crippen molar-refractivity contribution in [1.82, 2.24) is 10.6 Å². The van der Waals surface area contributed by atoms with E-state index in [1.165, 1.54) is 25.0 Å². The first kappa shape index (κ1) is 15.9. The number of amides is 1. The van der Waals surface area contributed by atoms with Gasteiger partial charge in [0.05, 0.1) is 0 Å². The predicted octanol–water partition coefficient (Wildman–Crippen LogP) is 2.43. The Labute approximate surface area is 119 Å². The first-order valence-electron chi connectivity index (χ1n) is 6.44. The minimum Gasteiger partial charge on any atom is -0.352 e. The summed E-state index contributed by atoms with van der Waals surface area (Å²) in [4.78, 5) is 11.8. The first-order chi connectivity index (χ1) is 8.65. The monoisotopic (exact) mass is 286 g/mol. The molecule has 5 heteroatoms. The highest BCUT2D eigenvalue weighted by Crippen LogP contribution is 2.09. The molecule has 106 valence electrons. The second-order valence-corrected chi connectivity index (χ2v) is 4.86. The summed E-state index contributed by atoms with van der Waals surface area (Å²) in [6.07, 6.45) is 3.32. The van der Waals surface area contributed by atoms with E-state index in [1.54, 1.807) is 13.0 Å². The van der Waals surface area contributed by atoms with Gasteiger partial charge in [0.2, 0.25) is 0 Å². The van der Waals surface area contributed by atoms with Gasteiger partial charge < -0.3 is 10.6 Å². The van der Waals surface area contributed by atoms with Crippen molar-refractivity contribution < 1.29 is 9.18 Å². The minimum atomic E-state index is -0.363. The Bertz CT molecular complexity index is 413. The zero-order chi connectivity index (χ0) is 13.0. The van der Waals surface area contributed by atoms with Gasteiger partial charge in [-0.25, -0.2) is 4.39 Å². The molecule has 1 aliphatic rings. The summed E-state index contributed by atoms with van der Waals surface area (Å²) in [5.74, 6) is -0.562. The summed E-state index contributed by atoms with van der Waals surface area (Å²) in [6, 6.07) is 4.90. The Morgan fingerprint density at radius 2 is 2.26 bits per heavy atom. The third-order valence-electron chi connectivity index (χ3n) is 3.25. The molecule has 0 unspecified atom stereocenters. The molecule has 19 heavy (non-hydrogen) atoms. The molecule has 1 aromatic rings. The summed E-state index contributed by atoms with van der Waals surface area (Å²) in [5, 5.41) is 6.21. The third kappa shape index (κ3) is 4.80. The smallest absolute Gasteiger partial charge is 0.251 e. The summed E-state index contributed by atoms with van der Waals surface area (Å²) < 4.78 is 13.2. The van der Waals surface area contributed by atoms with E-state index in [2.05, 4.69) is 10.6 Å². The molecule has 0 aliphatic carbocycles. The zero-order valence-electron chi connectivity index (χ0n) is 11.0. The van der Waals surface area contributed by atoms with E-state index in [4.69, 9.17) is 0 Å². The number of aryl methyl sites for hydroxylation is 1. The highest BCUT2D eigenvalue weighted by atomic mass is 35.5. The highest BCUT2D eigenvalue weighted by Gasteiger charge is 2.14. The van der Waals surface area contributed by atoms with Crippen LogP contribution in [0.5, 0.6) is 0 Å². The van der Waals surface area contributed by atoms with E-state index in [-0.39, 0.29) is 24.1 Å². The molecule has 0 saturated carbocycles. The molecule has 1 saturated heterocycles. The molecule has 1 heterocycles. The fraction of sp³-hybridized carbons (Fsp3) is 0.500. The molecular formula is C14H20ClFN2O. The Morgan fingerprint density at radius 1 is 1.47 bits per heavy atom. The van der Waals surface area contributed by atoms with Gasteiger partial charge in [0.25, 0.3) is 5.91 Å². The van der Waals surface area contributed by atoms with E-state index in [1.807, 2.05) is 0 Å². The molecule has 0 radical (unpaired) electrons. The van der Waals surface area contributed by atoms with Crippen LogP contribution in [0.1, 0.15) is 35.2 Å². The lowest BCUT2D eigenvalue weighted by Gasteiger charge is -2.11. The number of nitrogens with one attached hydrogen (secondary N) is 2. The standard InChI is InChI=1S/C14H19FN2O.ClH/c1-10-7-11(9-12(15)8-10)14(18)17-6-4-13-3-2-5-16-13;/h7-9,13,16H,2-6H2,1H3,(H,17,18);1H/t13-;/m1./s1. The summed E-state index contributed by atoms with van der Waals surface area (Å²) in [7, 11) is 0. The van der Waals surface area contributed by atoms with Crippen LogP contribution >= 0.6 is 12.4 Å². The van der Waals surface area contributed by atoms with E-state index < -0.39 is 0 Å². The topological polar surface area (TPSA) is 41.1 Å². The molecule has 1 amide bonds. The molecule has 1 atom stereocenters. The van der Waals surface area contributed by atoms with Crippen molar-refractivity contribution in [3.63, 3.8) is 0 Å². The van der Waals surface area contributed by atoms with Gasteiger partial charge >= 0.3 is 0 Å². The zero-order valence-corrected chi connectivity index (χ0v) is 11.9. The Balaban J connectivity index is 0.00000180. The van der Waals surface area contributed by atoms with Crippen molar-refractivity contribution in [2.24, 2.45) is 0 Å². The molecule has 2 N–H and O–H groups in total. The average molecular weight is 287 g/mol. The normalized spacial score (nSPS) is 17.9. The number of carbonyl (C=O) groups excluding carboxylic acids is 1. The summed E-state index contributed by atoms with van der Waals surface area (Å²) in [6.45, 7) is 3.48. The lowest BCUT2D eigenvalue weighted by molar-refractivity contribution is 0.0952. The van der Waals surface area contributed by atoms with E-state index in [9.17, 15) is 9.18 Å². The van der Waals surface area contributed by atoms with Crippen molar-refractivity contribution in [3.8, 4) is 0 Å². The lowest BCUT2D eigenvalue weighted by Crippen LogP contribution is -2.30. The predicted molar refractivity (Wildman–Crippen MR) is 76.4 cm³/mol. The lowest BCUT2D eigenvalue weighted by atomic mass is 10.1. The Hall–Kier alpha value is -1.13. The van der Waals surface area contributed by atoms with Crippen LogP contribution in [0.2, 0.25) is 0 Å². The summed E-state index contributed by atoms with van der Waals surface area (Å²) in [5.41, 5.74) is 1.16. The van der Waals surface area contributed by atoms with Crippen LogP contribution in [-0.4, -0.2) is 25.0 Å². The van der Waals surface area contributed by atoms with Crippen LogP contribution in [0.3, 0.4) is 0 Å². The maximum absolute atomic E-state index is 13.2. The maximum atomic E-state index is 13.2. The maximum Gasteiger partial charge on any atom is 0.251 e. The Morgan fingerprint density at radius 3 is 2.89 bits per heavy atom. The largest absolute Gasteiger partial charge is 0.352 e. The SMILES string of the molecule is Cc1cc(F)cc(C(=O)NCC[C@H]2CCCN2)c1.Cl. The molecule has 2 rings (SSSR count). The van der Waals surface area contributed by atoms with E-state index >= 15 is 0 Å². The van der Waals surface area contributed by atoms with Crippen molar-refractivity contribution in [1.29, 1.82) is 0 Å². The Kier molecular flexibility index (Phi) is 6.25. The van der Waals surface area contributed by atoms with Crippen LogP contribution in [0.25, 0.3) is 0 Å². The van der Waals surface area contributed by atoms with Crippen molar-refractivity contribution >= 4 is 18.3 Å². The molecule has 1 aliphatic heterocycles. The number of hydrogen-bond acceptors (Lipinski definition) is 2. The molecule has 3 nitrogen and oxygen atoms in total. The van der Waals surface area contributed by atoms with Crippen LogP contribution in [-0.2, 0) is 0 Å². The number of carbonyl (C=O) groups is 1. The van der Waals surface area contributed by atoms with E-state index in [0.29, 0.717) is 18.2 Å². The molecule has 1 aromatic carbocycles. The second-order valence-electron chi connectivity index (χ2n) is 4.86. The van der Waals surface area contributed by atoms with Gasteiger partial charge in [-0.05, 0) is 56.5 Å². The van der Waals surface area contributed by atoms with Crippen molar-refractivity contribution in [2.45, 2.75) is 32.2 Å². The van der Waals surface area contributed by atoms with Crippen LogP contribution in [0, 0.1) is 12.7 Å². The van der Waals surface area contributed by atoms with Gasteiger partial charge in [-0.2, -0.15) is 0 Å². The minimum absolute atomic E-state index is 0. The number of benzene rings is 1. The molecule has 0 spiro atoms. The van der Waals surface area contributed by atoms with E-state index in [0.717, 1.165) is 18.5 Å². The van der Waals surface area contributed by atoms with Gasteiger partial charge in [0.1, 0.15) is 5.82 Å². The fourth-order valence-corrected chi connectivity index (χ4v) is 2.33. The van der Waals surface area contributed by atoms with Crippen molar-refractivity contribution in [2.75, 3.05) is 13.1 Å². The summed E-state index contributed by atoms with van der Waals surface area (Å²) >= 11 is 0. The van der Waals surface area contributed by atoms with Crippen LogP contribution in [0.15, 0.2) is 18.2 Å². The van der Waals surface area contributed by atoms with Gasteiger partial charge in [-0.15, -0.1) is 12.4 Å². The van der Waals surface area contributed by atoms with Crippen LogP contribution in [0.4, 0.5) is 4.39 Å². The first-order valence-corrected chi connectivity index (χ1v) is 6.44. The second kappa shape index (κ2) is 7.46. The van der Waals surface area contributed by atoms with Gasteiger partial charge in [-0.3, -0.25) is 4.79 Å². The number of rotatable bonds is 4. The fourth-order valence-electron chi connectivity index (χ4n) is 2.33. The van der Waals surface area contributed by atoms with Crippen LogP contribution < -0.4 is 10.6 Å². The highest BCUT2D eigenvalue weighted by molar-refractivity contribution is 5.94. The van der Waals surface area contributed by atoms with Gasteiger partial charge in [0, 0.05) is 18.2 Å². The molecule has 0 bridgehead atoms. The average Bonchev–Trinajstić information content (AvgIpc) is 2.80. The van der Waals surface area contributed by atoms with Gasteiger partial charge in [0.15, 0.2) is 0 Å². The third-order valence-corrected chi connectivity index (χ3v) is 3.25. The molecule has 0 aromatic heterocycles. The number of hydrogen-bond donors (Lipinski definition) is 2.